The monoisotopic (exact) mass is 568 g/mol. The van der Waals surface area contributed by atoms with Crippen LogP contribution in [0.5, 0.6) is 0 Å². The van der Waals surface area contributed by atoms with Gasteiger partial charge in [-0.25, -0.2) is 18.9 Å². The molecule has 11 nitrogen and oxygen atoms in total. The lowest BCUT2D eigenvalue weighted by molar-refractivity contribution is -0.119. The van der Waals surface area contributed by atoms with E-state index in [0.717, 1.165) is 22.6 Å². The Labute approximate surface area is 240 Å². The number of carbonyl (C=O) groups is 2. The Morgan fingerprint density at radius 2 is 1.88 bits per heavy atom. The number of fused-ring (bicyclic) bond motifs is 1. The third-order valence-electron chi connectivity index (χ3n) is 6.91. The van der Waals surface area contributed by atoms with Crippen molar-refractivity contribution in [3.8, 4) is 11.1 Å². The second kappa shape index (κ2) is 11.8. The van der Waals surface area contributed by atoms with E-state index in [1.165, 1.54) is 17.9 Å². The van der Waals surface area contributed by atoms with Crippen LogP contribution >= 0.6 is 0 Å². The molecule has 4 heterocycles. The zero-order chi connectivity index (χ0) is 29.1. The van der Waals surface area contributed by atoms with Gasteiger partial charge in [0.25, 0.3) is 0 Å². The SMILES string of the molecule is CC(=O)NC[C@H]1CN(c2ccc(-c3ccc4nc(CNCc5cn(Cc6ccccc6)nn5)cn4c3)c(F)c2)C(=O)O1. The molecule has 1 aliphatic heterocycles. The van der Waals surface area contributed by atoms with Crippen molar-refractivity contribution in [1.82, 2.24) is 35.0 Å². The molecule has 42 heavy (non-hydrogen) atoms. The number of nitrogens with one attached hydrogen (secondary N) is 2. The third kappa shape index (κ3) is 6.13. The molecular formula is C30H29FN8O3. The van der Waals surface area contributed by atoms with Gasteiger partial charge in [-0.2, -0.15) is 0 Å². The van der Waals surface area contributed by atoms with Gasteiger partial charge >= 0.3 is 6.09 Å². The van der Waals surface area contributed by atoms with Gasteiger partial charge in [-0.1, -0.05) is 35.5 Å². The second-order valence-corrected chi connectivity index (χ2v) is 10.1. The van der Waals surface area contributed by atoms with Crippen molar-refractivity contribution in [3.05, 3.63) is 102 Å². The number of nitrogens with zero attached hydrogens (tertiary/aromatic N) is 6. The molecule has 2 N–H and O–H groups in total. The first-order valence-corrected chi connectivity index (χ1v) is 13.5. The molecule has 1 aliphatic rings. The van der Waals surface area contributed by atoms with E-state index in [2.05, 4.69) is 38.1 Å². The van der Waals surface area contributed by atoms with Gasteiger partial charge in [0, 0.05) is 43.5 Å². The lowest BCUT2D eigenvalue weighted by Crippen LogP contribution is -2.33. The molecule has 1 atom stereocenters. The molecule has 0 aliphatic carbocycles. The van der Waals surface area contributed by atoms with Gasteiger partial charge in [-0.05, 0) is 35.9 Å². The van der Waals surface area contributed by atoms with Gasteiger partial charge in [0.05, 0.1) is 42.9 Å². The summed E-state index contributed by atoms with van der Waals surface area (Å²) in [4.78, 5) is 29.5. The van der Waals surface area contributed by atoms with E-state index >= 15 is 4.39 Å². The van der Waals surface area contributed by atoms with E-state index in [1.807, 2.05) is 58.0 Å². The zero-order valence-electron chi connectivity index (χ0n) is 22.9. The minimum Gasteiger partial charge on any atom is -0.442 e. The van der Waals surface area contributed by atoms with Gasteiger partial charge in [-0.3, -0.25) is 9.69 Å². The molecule has 12 heteroatoms. The maximum Gasteiger partial charge on any atom is 0.414 e. The third-order valence-corrected chi connectivity index (χ3v) is 6.91. The van der Waals surface area contributed by atoms with Crippen molar-refractivity contribution in [2.45, 2.75) is 32.7 Å². The van der Waals surface area contributed by atoms with Crippen LogP contribution in [0.25, 0.3) is 16.8 Å². The number of hydrogen-bond acceptors (Lipinski definition) is 7. The fourth-order valence-corrected chi connectivity index (χ4v) is 4.88. The van der Waals surface area contributed by atoms with Crippen LogP contribution in [0.1, 0.15) is 23.9 Å². The molecule has 5 aromatic rings. The van der Waals surface area contributed by atoms with E-state index in [9.17, 15) is 9.59 Å². The van der Waals surface area contributed by atoms with Gasteiger partial charge in [0.1, 0.15) is 17.6 Å². The fourth-order valence-electron chi connectivity index (χ4n) is 4.88. The summed E-state index contributed by atoms with van der Waals surface area (Å²) in [6.45, 7) is 3.56. The predicted octanol–water partition coefficient (Wildman–Crippen LogP) is 3.53. The number of ether oxygens (including phenoxy) is 1. The number of aromatic nitrogens is 5. The number of halogens is 1. The lowest BCUT2D eigenvalue weighted by atomic mass is 10.1. The quantitative estimate of drug-likeness (QED) is 0.265. The highest BCUT2D eigenvalue weighted by molar-refractivity contribution is 5.90. The normalized spacial score (nSPS) is 14.9. The number of rotatable bonds is 10. The molecule has 0 unspecified atom stereocenters. The average Bonchev–Trinajstić information content (AvgIpc) is 3.70. The summed E-state index contributed by atoms with van der Waals surface area (Å²) in [6.07, 6.45) is 4.58. The van der Waals surface area contributed by atoms with Crippen molar-refractivity contribution in [2.24, 2.45) is 0 Å². The van der Waals surface area contributed by atoms with E-state index in [0.29, 0.717) is 36.4 Å². The minimum absolute atomic E-state index is 0.205. The van der Waals surface area contributed by atoms with Gasteiger partial charge < -0.3 is 19.8 Å². The molecule has 2 amide bonds. The summed E-state index contributed by atoms with van der Waals surface area (Å²) in [5, 5.41) is 14.4. The summed E-state index contributed by atoms with van der Waals surface area (Å²) < 4.78 is 24.2. The largest absolute Gasteiger partial charge is 0.442 e. The van der Waals surface area contributed by atoms with Gasteiger partial charge in [-0.15, -0.1) is 5.10 Å². The summed E-state index contributed by atoms with van der Waals surface area (Å²) >= 11 is 0. The number of pyridine rings is 1. The number of carbonyl (C=O) groups excluding carboxylic acids is 2. The highest BCUT2D eigenvalue weighted by Gasteiger charge is 2.32. The Hall–Kier alpha value is -5.10. The standard InChI is InChI=1S/C30H29FN8O3/c1-20(40)33-14-26-19-39(30(41)42-26)25-8-9-27(28(31)11-25)22-7-10-29-34-23(17-37(29)16-22)12-32-13-24-18-38(36-35-24)15-21-5-3-2-4-6-21/h2-11,16-18,26,32H,12-15,19H2,1H3,(H,33,40)/t26-/m0/s1. The summed E-state index contributed by atoms with van der Waals surface area (Å²) in [7, 11) is 0. The van der Waals surface area contributed by atoms with Crippen LogP contribution in [0.2, 0.25) is 0 Å². The Morgan fingerprint density at radius 3 is 2.69 bits per heavy atom. The van der Waals surface area contributed by atoms with Crippen LogP contribution in [0.3, 0.4) is 0 Å². The van der Waals surface area contributed by atoms with Crippen molar-refractivity contribution < 1.29 is 18.7 Å². The highest BCUT2D eigenvalue weighted by atomic mass is 19.1. The molecule has 0 bridgehead atoms. The zero-order valence-corrected chi connectivity index (χ0v) is 22.9. The smallest absolute Gasteiger partial charge is 0.414 e. The van der Waals surface area contributed by atoms with Crippen LogP contribution in [0.4, 0.5) is 14.9 Å². The summed E-state index contributed by atoms with van der Waals surface area (Å²) in [5.41, 5.74) is 5.03. The molecule has 6 rings (SSSR count). The summed E-state index contributed by atoms with van der Waals surface area (Å²) in [5.74, 6) is -0.675. The first-order valence-electron chi connectivity index (χ1n) is 13.5. The summed E-state index contributed by atoms with van der Waals surface area (Å²) in [6, 6.07) is 18.4. The highest BCUT2D eigenvalue weighted by Crippen LogP contribution is 2.29. The van der Waals surface area contributed by atoms with Crippen molar-refractivity contribution >= 4 is 23.3 Å². The van der Waals surface area contributed by atoms with Crippen LogP contribution in [-0.4, -0.2) is 55.6 Å². The second-order valence-electron chi connectivity index (χ2n) is 10.1. The maximum atomic E-state index is 15.2. The van der Waals surface area contributed by atoms with E-state index < -0.39 is 18.0 Å². The number of cyclic esters (lactones) is 1. The number of amides is 2. The van der Waals surface area contributed by atoms with Crippen LogP contribution < -0.4 is 15.5 Å². The molecule has 0 radical (unpaired) electrons. The van der Waals surface area contributed by atoms with Crippen LogP contribution in [-0.2, 0) is 29.2 Å². The van der Waals surface area contributed by atoms with Crippen molar-refractivity contribution in [2.75, 3.05) is 18.0 Å². The van der Waals surface area contributed by atoms with Gasteiger partial charge in [0.2, 0.25) is 5.91 Å². The van der Waals surface area contributed by atoms with Gasteiger partial charge in [0.15, 0.2) is 0 Å². The molecule has 3 aromatic heterocycles. The number of imidazole rings is 1. The number of hydrogen-bond donors (Lipinski definition) is 2. The molecule has 1 fully saturated rings. The van der Waals surface area contributed by atoms with Crippen LogP contribution in [0.15, 0.2) is 79.3 Å². The maximum absolute atomic E-state index is 15.2. The topological polar surface area (TPSA) is 119 Å². The molecule has 214 valence electrons. The fraction of sp³-hybridized carbons (Fsp3) is 0.233. The lowest BCUT2D eigenvalue weighted by Gasteiger charge is -2.14. The average molecular weight is 569 g/mol. The Bertz CT molecular complexity index is 1740. The molecular weight excluding hydrogens is 539 g/mol. The molecule has 2 aromatic carbocycles. The Morgan fingerprint density at radius 1 is 1.05 bits per heavy atom. The molecule has 0 saturated carbocycles. The van der Waals surface area contributed by atoms with Crippen molar-refractivity contribution in [1.29, 1.82) is 0 Å². The first kappa shape index (κ1) is 27.1. The van der Waals surface area contributed by atoms with E-state index in [4.69, 9.17) is 4.74 Å². The first-order chi connectivity index (χ1) is 20.4. The van der Waals surface area contributed by atoms with Crippen LogP contribution in [0, 0.1) is 5.82 Å². The Kier molecular flexibility index (Phi) is 7.60. The van der Waals surface area contributed by atoms with E-state index in [-0.39, 0.29) is 19.0 Å². The minimum atomic E-state index is -0.574. The number of benzene rings is 2. The molecule has 1 saturated heterocycles. The molecule has 0 spiro atoms. The predicted molar refractivity (Wildman–Crippen MR) is 153 cm³/mol. The Balaban J connectivity index is 1.08. The van der Waals surface area contributed by atoms with E-state index in [1.54, 1.807) is 12.1 Å². The number of anilines is 1. The van der Waals surface area contributed by atoms with Crippen molar-refractivity contribution in [3.63, 3.8) is 0 Å².